The fourth-order valence-electron chi connectivity index (χ4n) is 2.77. The van der Waals surface area contributed by atoms with Gasteiger partial charge in [0.1, 0.15) is 18.1 Å². The minimum absolute atomic E-state index is 0.0559. The third kappa shape index (κ3) is 2.50. The molecule has 1 atom stereocenters. The predicted molar refractivity (Wildman–Crippen MR) is 86.7 cm³/mol. The smallest absolute Gasteiger partial charge is 0.173 e. The molecule has 3 rings (SSSR count). The van der Waals surface area contributed by atoms with E-state index < -0.39 is 0 Å². The average Bonchev–Trinajstić information content (AvgIpc) is 2.57. The minimum Gasteiger partial charge on any atom is -0.496 e. The van der Waals surface area contributed by atoms with Crippen molar-refractivity contribution >= 4 is 11.9 Å². The molecule has 2 aromatic carbocycles. The van der Waals surface area contributed by atoms with Crippen LogP contribution >= 0.6 is 0 Å². The van der Waals surface area contributed by atoms with Crippen molar-refractivity contribution in [1.29, 1.82) is 0 Å². The lowest BCUT2D eigenvalue weighted by Gasteiger charge is -2.19. The van der Waals surface area contributed by atoms with Crippen molar-refractivity contribution in [2.75, 3.05) is 13.7 Å². The number of fused-ring (bicyclic) bond motifs is 2. The van der Waals surface area contributed by atoms with Gasteiger partial charge in [0.25, 0.3) is 0 Å². The van der Waals surface area contributed by atoms with E-state index in [1.54, 1.807) is 7.11 Å². The Bertz CT molecular complexity index is 731. The Labute approximate surface area is 130 Å². The Hall–Kier alpha value is -2.55. The largest absolute Gasteiger partial charge is 0.496 e. The van der Waals surface area contributed by atoms with Gasteiger partial charge >= 0.3 is 0 Å². The molecule has 0 bridgehead atoms. The molecule has 1 aliphatic heterocycles. The van der Waals surface area contributed by atoms with E-state index >= 15 is 0 Å². The lowest BCUT2D eigenvalue weighted by atomic mass is 9.88. The summed E-state index contributed by atoms with van der Waals surface area (Å²) in [5.74, 6) is 1.19. The second-order valence-corrected chi connectivity index (χ2v) is 5.26. The van der Waals surface area contributed by atoms with Crippen molar-refractivity contribution in [3.63, 3.8) is 0 Å². The van der Waals surface area contributed by atoms with Gasteiger partial charge in [0.15, 0.2) is 5.78 Å². The van der Waals surface area contributed by atoms with Crippen LogP contribution in [-0.4, -0.2) is 19.5 Å². The fraction of sp³-hybridized carbons (Fsp3) is 0.211. The van der Waals surface area contributed by atoms with Gasteiger partial charge in [0, 0.05) is 11.5 Å². The highest BCUT2D eigenvalue weighted by molar-refractivity contribution is 6.03. The zero-order chi connectivity index (χ0) is 15.5. The molecule has 1 unspecified atom stereocenters. The first-order chi connectivity index (χ1) is 10.7. The lowest BCUT2D eigenvalue weighted by molar-refractivity contribution is 0.0962. The molecular formula is C19H18O3. The Morgan fingerprint density at radius 1 is 1.14 bits per heavy atom. The molecule has 3 heteroatoms. The fourth-order valence-corrected chi connectivity index (χ4v) is 2.77. The first kappa shape index (κ1) is 14.4. The van der Waals surface area contributed by atoms with Gasteiger partial charge in [0.05, 0.1) is 12.7 Å². The van der Waals surface area contributed by atoms with Gasteiger partial charge in [-0.15, -0.1) is 0 Å². The number of carbonyl (C=O) groups is 1. The van der Waals surface area contributed by atoms with Gasteiger partial charge in [-0.25, -0.2) is 0 Å². The van der Waals surface area contributed by atoms with Crippen molar-refractivity contribution in [3.05, 3.63) is 65.2 Å². The van der Waals surface area contributed by atoms with Crippen LogP contribution in [0.3, 0.4) is 0 Å². The number of ketones is 1. The molecule has 2 aromatic rings. The number of rotatable bonds is 1. The van der Waals surface area contributed by atoms with Gasteiger partial charge in [-0.1, -0.05) is 37.3 Å². The highest BCUT2D eigenvalue weighted by atomic mass is 16.5. The van der Waals surface area contributed by atoms with Gasteiger partial charge in [-0.3, -0.25) is 4.79 Å². The second kappa shape index (κ2) is 6.06. The van der Waals surface area contributed by atoms with Crippen LogP contribution in [-0.2, 0) is 0 Å². The van der Waals surface area contributed by atoms with Crippen LogP contribution in [0.2, 0.25) is 0 Å². The highest BCUT2D eigenvalue weighted by Gasteiger charge is 2.24. The molecule has 3 nitrogen and oxygen atoms in total. The Kier molecular flexibility index (Phi) is 3.96. The van der Waals surface area contributed by atoms with Crippen LogP contribution in [0, 0.1) is 0 Å². The average molecular weight is 294 g/mol. The summed E-state index contributed by atoms with van der Waals surface area (Å²) in [6.07, 6.45) is 3.91. The number of hydrogen-bond acceptors (Lipinski definition) is 3. The summed E-state index contributed by atoms with van der Waals surface area (Å²) < 4.78 is 11.2. The third-order valence-electron chi connectivity index (χ3n) is 3.95. The van der Waals surface area contributed by atoms with Gasteiger partial charge < -0.3 is 9.47 Å². The first-order valence-corrected chi connectivity index (χ1v) is 7.32. The van der Waals surface area contributed by atoms with E-state index in [4.69, 9.17) is 9.47 Å². The van der Waals surface area contributed by atoms with E-state index in [9.17, 15) is 4.79 Å². The summed E-state index contributed by atoms with van der Waals surface area (Å²) in [6.45, 7) is 2.34. The third-order valence-corrected chi connectivity index (χ3v) is 3.95. The SMILES string of the molecule is COc1cccc2c1/C=C\COc1ccccc1C(=O)C2C. The molecule has 1 aliphatic rings. The van der Waals surface area contributed by atoms with Gasteiger partial charge in [-0.05, 0) is 29.8 Å². The summed E-state index contributed by atoms with van der Waals surface area (Å²) in [5.41, 5.74) is 2.53. The Morgan fingerprint density at radius 3 is 2.77 bits per heavy atom. The normalized spacial score (nSPS) is 18.6. The topological polar surface area (TPSA) is 35.5 Å². The van der Waals surface area contributed by atoms with Crippen molar-refractivity contribution in [2.24, 2.45) is 0 Å². The number of para-hydroxylation sites is 1. The van der Waals surface area contributed by atoms with Gasteiger partial charge in [0.2, 0.25) is 0 Å². The quantitative estimate of drug-likeness (QED) is 0.794. The molecule has 0 N–H and O–H groups in total. The van der Waals surface area contributed by atoms with Crippen molar-refractivity contribution in [3.8, 4) is 11.5 Å². The molecule has 0 aliphatic carbocycles. The molecule has 0 amide bonds. The van der Waals surface area contributed by atoms with Crippen LogP contribution in [0.5, 0.6) is 11.5 Å². The zero-order valence-electron chi connectivity index (χ0n) is 12.7. The lowest BCUT2D eigenvalue weighted by Crippen LogP contribution is -2.14. The number of ether oxygens (including phenoxy) is 2. The molecule has 0 spiro atoms. The minimum atomic E-state index is -0.266. The zero-order valence-corrected chi connectivity index (χ0v) is 12.7. The van der Waals surface area contributed by atoms with Gasteiger partial charge in [-0.2, -0.15) is 0 Å². The molecule has 0 saturated heterocycles. The second-order valence-electron chi connectivity index (χ2n) is 5.26. The van der Waals surface area contributed by atoms with E-state index in [0.717, 1.165) is 16.9 Å². The molecule has 0 fully saturated rings. The molecule has 0 aromatic heterocycles. The van der Waals surface area contributed by atoms with E-state index in [0.29, 0.717) is 17.9 Å². The van der Waals surface area contributed by atoms with Crippen LogP contribution in [0.1, 0.15) is 34.3 Å². The van der Waals surface area contributed by atoms with E-state index in [1.165, 1.54) is 0 Å². The number of benzene rings is 2. The molecular weight excluding hydrogens is 276 g/mol. The highest BCUT2D eigenvalue weighted by Crippen LogP contribution is 2.33. The number of carbonyl (C=O) groups excluding carboxylic acids is 1. The van der Waals surface area contributed by atoms with Crippen molar-refractivity contribution in [2.45, 2.75) is 12.8 Å². The summed E-state index contributed by atoms with van der Waals surface area (Å²) in [5, 5.41) is 0. The van der Waals surface area contributed by atoms with E-state index in [-0.39, 0.29) is 11.7 Å². The van der Waals surface area contributed by atoms with E-state index in [2.05, 4.69) is 0 Å². The van der Waals surface area contributed by atoms with Crippen LogP contribution < -0.4 is 9.47 Å². The van der Waals surface area contributed by atoms with Crippen LogP contribution in [0.4, 0.5) is 0 Å². The van der Waals surface area contributed by atoms with Crippen LogP contribution in [0.25, 0.3) is 6.08 Å². The molecule has 22 heavy (non-hydrogen) atoms. The predicted octanol–water partition coefficient (Wildman–Crippen LogP) is 4.09. The summed E-state index contributed by atoms with van der Waals surface area (Å²) in [6, 6.07) is 13.2. The van der Waals surface area contributed by atoms with E-state index in [1.807, 2.05) is 61.5 Å². The maximum absolute atomic E-state index is 12.9. The number of methoxy groups -OCH3 is 1. The summed E-state index contributed by atoms with van der Waals surface area (Å²) in [7, 11) is 1.64. The molecule has 112 valence electrons. The standard InChI is InChI=1S/C19H18O3/c1-13-14-8-5-11-17(21-2)15(14)9-6-12-22-18-10-4-3-7-16(18)19(13)20/h3-11,13H,12H2,1-2H3/b9-6-. The van der Waals surface area contributed by atoms with Crippen molar-refractivity contribution < 1.29 is 14.3 Å². The Balaban J connectivity index is 2.16. The number of Topliss-reactive ketones (excluding diaryl/α,β-unsaturated/α-hetero) is 1. The first-order valence-electron chi connectivity index (χ1n) is 7.32. The number of hydrogen-bond donors (Lipinski definition) is 0. The molecule has 1 heterocycles. The summed E-state index contributed by atoms with van der Waals surface area (Å²) >= 11 is 0. The maximum Gasteiger partial charge on any atom is 0.173 e. The maximum atomic E-state index is 12.9. The summed E-state index contributed by atoms with van der Waals surface area (Å²) in [4.78, 5) is 12.9. The van der Waals surface area contributed by atoms with Crippen LogP contribution in [0.15, 0.2) is 48.5 Å². The monoisotopic (exact) mass is 294 g/mol. The molecule has 0 radical (unpaired) electrons. The van der Waals surface area contributed by atoms with Crippen molar-refractivity contribution in [1.82, 2.24) is 0 Å². The Morgan fingerprint density at radius 2 is 1.95 bits per heavy atom. The molecule has 0 saturated carbocycles.